The zero-order valence-corrected chi connectivity index (χ0v) is 13.9. The van der Waals surface area contributed by atoms with Gasteiger partial charge in [-0.05, 0) is 19.9 Å². The van der Waals surface area contributed by atoms with Crippen LogP contribution < -0.4 is 5.32 Å². The lowest BCUT2D eigenvalue weighted by molar-refractivity contribution is -0.0170. The number of rotatable bonds is 5. The van der Waals surface area contributed by atoms with Gasteiger partial charge in [0.1, 0.15) is 0 Å². The molecule has 0 saturated carbocycles. The fraction of sp³-hybridized carbons (Fsp3) is 0.714. The number of hydrogen-bond acceptors (Lipinski definition) is 4. The lowest BCUT2D eigenvalue weighted by Crippen LogP contribution is -2.49. The molecule has 120 valence electrons. The van der Waals surface area contributed by atoms with Crippen molar-refractivity contribution in [1.29, 1.82) is 0 Å². The van der Waals surface area contributed by atoms with Crippen LogP contribution in [0.1, 0.15) is 33.4 Å². The maximum absolute atomic E-state index is 12.7. The van der Waals surface area contributed by atoms with Crippen LogP contribution in [0.15, 0.2) is 17.2 Å². The summed E-state index contributed by atoms with van der Waals surface area (Å²) in [6.45, 7) is 9.33. The summed E-state index contributed by atoms with van der Waals surface area (Å²) < 4.78 is 32.5. The highest BCUT2D eigenvalue weighted by Crippen LogP contribution is 2.23. The molecular formula is C14H25N3O3S. The molecule has 2 N–H and O–H groups in total. The van der Waals surface area contributed by atoms with Gasteiger partial charge in [-0.3, -0.25) is 0 Å². The summed E-state index contributed by atoms with van der Waals surface area (Å²) >= 11 is 0. The fourth-order valence-corrected chi connectivity index (χ4v) is 4.04. The van der Waals surface area contributed by atoms with Gasteiger partial charge < -0.3 is 15.0 Å². The predicted octanol–water partition coefficient (Wildman–Crippen LogP) is 1.31. The van der Waals surface area contributed by atoms with E-state index in [9.17, 15) is 8.42 Å². The molecule has 1 aromatic rings. The molecule has 0 bridgehead atoms. The first kappa shape index (κ1) is 16.5. The summed E-state index contributed by atoms with van der Waals surface area (Å²) in [5.74, 6) is 0. The average Bonchev–Trinajstić information content (AvgIpc) is 2.88. The molecule has 21 heavy (non-hydrogen) atoms. The maximum Gasteiger partial charge on any atom is 0.244 e. The summed E-state index contributed by atoms with van der Waals surface area (Å²) in [6.07, 6.45) is 1.50. The highest BCUT2D eigenvalue weighted by Gasteiger charge is 2.34. The molecule has 2 heterocycles. The van der Waals surface area contributed by atoms with Crippen molar-refractivity contribution in [2.45, 2.75) is 57.3 Å². The summed E-state index contributed by atoms with van der Waals surface area (Å²) in [4.78, 5) is 3.36. The molecular weight excluding hydrogens is 290 g/mol. The van der Waals surface area contributed by atoms with Crippen molar-refractivity contribution in [1.82, 2.24) is 14.6 Å². The number of nitrogens with one attached hydrogen (secondary N) is 2. The summed E-state index contributed by atoms with van der Waals surface area (Å²) in [5.41, 5.74) is 0.872. The molecule has 1 aliphatic heterocycles. The van der Waals surface area contributed by atoms with Crippen LogP contribution in [0.5, 0.6) is 0 Å². The zero-order valence-electron chi connectivity index (χ0n) is 13.1. The topological polar surface area (TPSA) is 74.4 Å². The van der Waals surface area contributed by atoms with Crippen molar-refractivity contribution < 1.29 is 13.2 Å². The van der Waals surface area contributed by atoms with Gasteiger partial charge in [-0.2, -0.15) is 4.31 Å². The molecule has 0 spiro atoms. The minimum atomic E-state index is -3.47. The molecule has 1 saturated heterocycles. The van der Waals surface area contributed by atoms with E-state index in [4.69, 9.17) is 4.74 Å². The number of morpholine rings is 1. The number of hydrogen-bond donors (Lipinski definition) is 2. The molecule has 0 amide bonds. The lowest BCUT2D eigenvalue weighted by atomic mass is 10.2. The van der Waals surface area contributed by atoms with Gasteiger partial charge in [0.2, 0.25) is 10.0 Å². The van der Waals surface area contributed by atoms with Crippen LogP contribution in [0.3, 0.4) is 0 Å². The SMILES string of the molecule is CC(C)NCc1cc(S(=O)(=O)N2CC(C)OCC2C)c[nH]1. The Labute approximate surface area is 126 Å². The highest BCUT2D eigenvalue weighted by molar-refractivity contribution is 7.89. The van der Waals surface area contributed by atoms with E-state index in [0.717, 1.165) is 5.69 Å². The Hall–Kier alpha value is -0.890. The lowest BCUT2D eigenvalue weighted by Gasteiger charge is -2.35. The van der Waals surface area contributed by atoms with Gasteiger partial charge in [0, 0.05) is 37.1 Å². The molecule has 1 aliphatic rings. The zero-order chi connectivity index (χ0) is 15.6. The first-order chi connectivity index (χ1) is 9.80. The number of aromatic nitrogens is 1. The van der Waals surface area contributed by atoms with E-state index in [1.54, 1.807) is 12.3 Å². The van der Waals surface area contributed by atoms with Crippen LogP contribution in [0.2, 0.25) is 0 Å². The van der Waals surface area contributed by atoms with Gasteiger partial charge >= 0.3 is 0 Å². The van der Waals surface area contributed by atoms with Crippen LogP contribution in [-0.2, 0) is 21.3 Å². The van der Waals surface area contributed by atoms with Gasteiger partial charge in [-0.25, -0.2) is 8.42 Å². The van der Waals surface area contributed by atoms with Gasteiger partial charge in [-0.15, -0.1) is 0 Å². The molecule has 1 fully saturated rings. The predicted molar refractivity (Wildman–Crippen MR) is 81.5 cm³/mol. The third-order valence-electron chi connectivity index (χ3n) is 3.57. The Balaban J connectivity index is 2.15. The van der Waals surface area contributed by atoms with Gasteiger partial charge in [0.15, 0.2) is 0 Å². The Morgan fingerprint density at radius 2 is 2.19 bits per heavy atom. The number of H-pyrrole nitrogens is 1. The standard InChI is InChI=1S/C14H25N3O3S/c1-10(2)15-6-13-5-14(7-16-13)21(18,19)17-8-12(4)20-9-11(17)3/h5,7,10-12,15-16H,6,8-9H2,1-4H3. The van der Waals surface area contributed by atoms with E-state index in [1.165, 1.54) is 4.31 Å². The second kappa shape index (κ2) is 6.48. The van der Waals surface area contributed by atoms with E-state index < -0.39 is 10.0 Å². The quantitative estimate of drug-likeness (QED) is 0.859. The molecule has 0 aliphatic carbocycles. The van der Waals surface area contributed by atoms with Crippen molar-refractivity contribution in [3.8, 4) is 0 Å². The molecule has 0 aromatic carbocycles. The molecule has 2 rings (SSSR count). The molecule has 2 unspecified atom stereocenters. The van der Waals surface area contributed by atoms with Crippen molar-refractivity contribution in [3.05, 3.63) is 18.0 Å². The first-order valence-corrected chi connectivity index (χ1v) is 8.79. The van der Waals surface area contributed by atoms with Crippen LogP contribution in [0.25, 0.3) is 0 Å². The Kier molecular flexibility index (Phi) is 5.08. The maximum atomic E-state index is 12.7. The Morgan fingerprint density at radius 1 is 1.48 bits per heavy atom. The largest absolute Gasteiger partial charge is 0.375 e. The van der Waals surface area contributed by atoms with Gasteiger partial charge in [0.25, 0.3) is 0 Å². The van der Waals surface area contributed by atoms with Gasteiger partial charge in [0.05, 0.1) is 17.6 Å². The van der Waals surface area contributed by atoms with Crippen molar-refractivity contribution >= 4 is 10.0 Å². The summed E-state index contributed by atoms with van der Waals surface area (Å²) in [5, 5.41) is 3.26. The van der Waals surface area contributed by atoms with E-state index in [0.29, 0.717) is 30.6 Å². The van der Waals surface area contributed by atoms with Crippen molar-refractivity contribution in [2.24, 2.45) is 0 Å². The third kappa shape index (κ3) is 3.85. The van der Waals surface area contributed by atoms with Crippen LogP contribution in [0.4, 0.5) is 0 Å². The monoisotopic (exact) mass is 315 g/mol. The van der Waals surface area contributed by atoms with E-state index in [2.05, 4.69) is 24.1 Å². The van der Waals surface area contributed by atoms with E-state index in [1.807, 2.05) is 13.8 Å². The molecule has 1 aromatic heterocycles. The number of nitrogens with zero attached hydrogens (tertiary/aromatic N) is 1. The molecule has 0 radical (unpaired) electrons. The Morgan fingerprint density at radius 3 is 2.86 bits per heavy atom. The second-order valence-corrected chi connectivity index (χ2v) is 7.85. The van der Waals surface area contributed by atoms with Crippen LogP contribution >= 0.6 is 0 Å². The highest BCUT2D eigenvalue weighted by atomic mass is 32.2. The molecule has 7 heteroatoms. The van der Waals surface area contributed by atoms with Crippen LogP contribution in [0, 0.1) is 0 Å². The second-order valence-electron chi connectivity index (χ2n) is 5.96. The van der Waals surface area contributed by atoms with Crippen molar-refractivity contribution in [2.75, 3.05) is 13.2 Å². The number of aromatic amines is 1. The number of sulfonamides is 1. The van der Waals surface area contributed by atoms with Crippen molar-refractivity contribution in [3.63, 3.8) is 0 Å². The summed E-state index contributed by atoms with van der Waals surface area (Å²) in [6, 6.07) is 1.92. The number of ether oxygens (including phenoxy) is 1. The summed E-state index contributed by atoms with van der Waals surface area (Å²) in [7, 11) is -3.47. The average molecular weight is 315 g/mol. The molecule has 2 atom stereocenters. The fourth-order valence-electron chi connectivity index (χ4n) is 2.33. The minimum absolute atomic E-state index is 0.0722. The third-order valence-corrected chi connectivity index (χ3v) is 5.53. The van der Waals surface area contributed by atoms with Gasteiger partial charge in [-0.1, -0.05) is 13.8 Å². The van der Waals surface area contributed by atoms with Crippen LogP contribution in [-0.4, -0.2) is 49.0 Å². The normalized spacial score (nSPS) is 24.6. The van der Waals surface area contributed by atoms with E-state index in [-0.39, 0.29) is 12.1 Å². The first-order valence-electron chi connectivity index (χ1n) is 7.35. The minimum Gasteiger partial charge on any atom is -0.375 e. The Bertz CT molecular complexity index is 568. The smallest absolute Gasteiger partial charge is 0.244 e. The molecule has 6 nitrogen and oxygen atoms in total. The van der Waals surface area contributed by atoms with E-state index >= 15 is 0 Å².